The summed E-state index contributed by atoms with van der Waals surface area (Å²) in [4.78, 5) is 2.39. The number of hydrogen-bond acceptors (Lipinski definition) is 1. The number of fused-ring (bicyclic) bond motifs is 2. The fourth-order valence-corrected chi connectivity index (χ4v) is 11.2. The lowest BCUT2D eigenvalue weighted by molar-refractivity contribution is -0.00518. The second-order valence-electron chi connectivity index (χ2n) is 16.8. The summed E-state index contributed by atoms with van der Waals surface area (Å²) in [6, 6.07) is 67.6. The van der Waals surface area contributed by atoms with Crippen molar-refractivity contribution in [2.24, 2.45) is 17.8 Å². The van der Waals surface area contributed by atoms with Crippen molar-refractivity contribution in [2.45, 2.75) is 43.9 Å². The predicted molar refractivity (Wildman–Crippen MR) is 232 cm³/mol. The first-order valence-electron chi connectivity index (χ1n) is 20.3. The number of nitrogens with zero attached hydrogens (tertiary/aromatic N) is 1. The minimum atomic E-state index is 0.435. The van der Waals surface area contributed by atoms with Crippen molar-refractivity contribution in [3.8, 4) is 33.4 Å². The summed E-state index contributed by atoms with van der Waals surface area (Å²) in [6.45, 7) is 0. The molecule has 4 saturated carbocycles. The average molecular weight is 708 g/mol. The Bertz CT molecular complexity index is 2610. The van der Waals surface area contributed by atoms with Crippen LogP contribution in [0.3, 0.4) is 0 Å². The monoisotopic (exact) mass is 707 g/mol. The molecule has 1 nitrogen and oxygen atoms in total. The molecule has 0 saturated heterocycles. The van der Waals surface area contributed by atoms with Gasteiger partial charge in [-0.05, 0) is 165 Å². The molecule has 12 rings (SSSR count). The van der Waals surface area contributed by atoms with E-state index < -0.39 is 0 Å². The van der Waals surface area contributed by atoms with Gasteiger partial charge in [0.25, 0.3) is 0 Å². The highest BCUT2D eigenvalue weighted by atomic mass is 15.1. The molecule has 0 amide bonds. The normalized spacial score (nSPS) is 21.3. The maximum atomic E-state index is 2.47. The maximum absolute atomic E-state index is 2.47. The molecule has 0 N–H and O–H groups in total. The Labute approximate surface area is 324 Å². The first-order chi connectivity index (χ1) is 27.1. The Morgan fingerprint density at radius 3 is 1.42 bits per heavy atom. The standard InChI is InChI=1S/C54H45N/c1-2-8-46-33-47(13-12-40(46)6-1)43-18-26-50(27-19-43)55(51-28-20-45(21-29-51)53-11-5-9-44-7-3-4-10-52(44)53)49-24-16-42(17-25-49)41-14-22-48(23-15-41)54-34-37-30-38(35-54)32-39(31-37)36-54/h1-29,33,37-39H,30-32,34-36H2. The molecule has 0 spiro atoms. The van der Waals surface area contributed by atoms with E-state index in [0.717, 1.165) is 34.8 Å². The van der Waals surface area contributed by atoms with Gasteiger partial charge in [0.2, 0.25) is 0 Å². The molecule has 0 aliphatic heterocycles. The molecule has 8 aromatic rings. The number of benzene rings is 8. The Morgan fingerprint density at radius 2 is 0.818 bits per heavy atom. The van der Waals surface area contributed by atoms with Crippen LogP contribution in [0.25, 0.3) is 54.9 Å². The Morgan fingerprint density at radius 1 is 0.364 bits per heavy atom. The molecule has 0 radical (unpaired) electrons. The summed E-state index contributed by atoms with van der Waals surface area (Å²) in [6.07, 6.45) is 8.70. The molecule has 0 heterocycles. The SMILES string of the molecule is c1ccc2cc(-c3ccc(N(c4ccc(-c5ccc(C67CC8CC(CC(C8)C6)C7)cc5)cc4)c4ccc(-c5cccc6ccccc56)cc4)cc3)ccc2c1. The van der Waals surface area contributed by atoms with Gasteiger partial charge in [0.1, 0.15) is 0 Å². The summed E-state index contributed by atoms with van der Waals surface area (Å²) in [7, 11) is 0. The highest BCUT2D eigenvalue weighted by Gasteiger charge is 2.51. The number of anilines is 3. The van der Waals surface area contributed by atoms with Gasteiger partial charge in [-0.1, -0.05) is 140 Å². The first kappa shape index (κ1) is 32.5. The minimum Gasteiger partial charge on any atom is -0.311 e. The lowest BCUT2D eigenvalue weighted by Gasteiger charge is -2.57. The van der Waals surface area contributed by atoms with Crippen LogP contribution in [0, 0.1) is 17.8 Å². The van der Waals surface area contributed by atoms with Gasteiger partial charge in [-0.25, -0.2) is 0 Å². The van der Waals surface area contributed by atoms with Crippen LogP contribution in [0.1, 0.15) is 44.1 Å². The van der Waals surface area contributed by atoms with Gasteiger partial charge >= 0.3 is 0 Å². The average Bonchev–Trinajstić information content (AvgIpc) is 3.24. The molecule has 55 heavy (non-hydrogen) atoms. The van der Waals surface area contributed by atoms with E-state index in [1.807, 2.05) is 0 Å². The third-order valence-corrected chi connectivity index (χ3v) is 13.4. The largest absolute Gasteiger partial charge is 0.311 e. The van der Waals surface area contributed by atoms with E-state index in [2.05, 4.69) is 187 Å². The van der Waals surface area contributed by atoms with E-state index in [4.69, 9.17) is 0 Å². The molecule has 0 unspecified atom stereocenters. The fourth-order valence-electron chi connectivity index (χ4n) is 11.2. The summed E-state index contributed by atoms with van der Waals surface area (Å²) >= 11 is 0. The van der Waals surface area contributed by atoms with Crippen LogP contribution < -0.4 is 4.90 Å². The number of rotatable bonds is 7. The van der Waals surface area contributed by atoms with Gasteiger partial charge in [0.15, 0.2) is 0 Å². The molecule has 0 aromatic heterocycles. The lowest BCUT2D eigenvalue weighted by Crippen LogP contribution is -2.48. The van der Waals surface area contributed by atoms with Crippen molar-refractivity contribution in [1.82, 2.24) is 0 Å². The molecule has 0 atom stereocenters. The molecule has 8 aromatic carbocycles. The van der Waals surface area contributed by atoms with Gasteiger partial charge in [-0.2, -0.15) is 0 Å². The highest BCUT2D eigenvalue weighted by molar-refractivity contribution is 5.97. The van der Waals surface area contributed by atoms with Crippen LogP contribution in [0.15, 0.2) is 182 Å². The summed E-state index contributed by atoms with van der Waals surface area (Å²) < 4.78 is 0. The molecule has 266 valence electrons. The highest BCUT2D eigenvalue weighted by Crippen LogP contribution is 2.60. The fraction of sp³-hybridized carbons (Fsp3) is 0.185. The van der Waals surface area contributed by atoms with Gasteiger partial charge in [0.05, 0.1) is 0 Å². The van der Waals surface area contributed by atoms with Crippen LogP contribution >= 0.6 is 0 Å². The minimum absolute atomic E-state index is 0.435. The van der Waals surface area contributed by atoms with E-state index in [1.54, 1.807) is 5.56 Å². The van der Waals surface area contributed by atoms with Crippen LogP contribution in [0.2, 0.25) is 0 Å². The molecular formula is C54H45N. The molecule has 4 aliphatic carbocycles. The van der Waals surface area contributed by atoms with Gasteiger partial charge < -0.3 is 4.90 Å². The molecular weight excluding hydrogens is 663 g/mol. The Balaban J connectivity index is 0.924. The van der Waals surface area contributed by atoms with Crippen LogP contribution in [0.4, 0.5) is 17.1 Å². The predicted octanol–water partition coefficient (Wildman–Crippen LogP) is 14.9. The van der Waals surface area contributed by atoms with E-state index >= 15 is 0 Å². The summed E-state index contributed by atoms with van der Waals surface area (Å²) in [5, 5.41) is 5.07. The van der Waals surface area contributed by atoms with E-state index in [1.165, 1.54) is 93.5 Å². The van der Waals surface area contributed by atoms with Crippen molar-refractivity contribution < 1.29 is 0 Å². The maximum Gasteiger partial charge on any atom is 0.0462 e. The van der Waals surface area contributed by atoms with Crippen LogP contribution in [0.5, 0.6) is 0 Å². The third-order valence-electron chi connectivity index (χ3n) is 13.4. The molecule has 4 bridgehead atoms. The van der Waals surface area contributed by atoms with Crippen molar-refractivity contribution >= 4 is 38.6 Å². The van der Waals surface area contributed by atoms with Gasteiger partial charge in [-0.15, -0.1) is 0 Å². The first-order valence-corrected chi connectivity index (χ1v) is 20.3. The quantitative estimate of drug-likeness (QED) is 0.159. The summed E-state index contributed by atoms with van der Waals surface area (Å²) in [5.41, 5.74) is 12.9. The molecule has 4 fully saturated rings. The lowest BCUT2D eigenvalue weighted by atomic mass is 9.48. The Kier molecular flexibility index (Phi) is 7.76. The Hall–Kier alpha value is -5.92. The van der Waals surface area contributed by atoms with E-state index in [9.17, 15) is 0 Å². The second-order valence-corrected chi connectivity index (χ2v) is 16.8. The second kappa shape index (κ2) is 13.1. The molecule has 4 aliphatic rings. The number of hydrogen-bond donors (Lipinski definition) is 0. The van der Waals surface area contributed by atoms with Crippen molar-refractivity contribution in [1.29, 1.82) is 0 Å². The zero-order valence-corrected chi connectivity index (χ0v) is 31.2. The van der Waals surface area contributed by atoms with Crippen molar-refractivity contribution in [3.05, 3.63) is 188 Å². The smallest absolute Gasteiger partial charge is 0.0462 e. The van der Waals surface area contributed by atoms with E-state index in [-0.39, 0.29) is 0 Å². The van der Waals surface area contributed by atoms with Crippen LogP contribution in [-0.2, 0) is 5.41 Å². The van der Waals surface area contributed by atoms with Crippen molar-refractivity contribution in [3.63, 3.8) is 0 Å². The zero-order chi connectivity index (χ0) is 36.3. The topological polar surface area (TPSA) is 3.24 Å². The zero-order valence-electron chi connectivity index (χ0n) is 31.2. The third kappa shape index (κ3) is 5.85. The molecule has 1 heteroatoms. The van der Waals surface area contributed by atoms with Gasteiger partial charge in [-0.3, -0.25) is 0 Å². The summed E-state index contributed by atoms with van der Waals surface area (Å²) in [5.74, 6) is 2.89. The van der Waals surface area contributed by atoms with E-state index in [0.29, 0.717) is 5.41 Å². The van der Waals surface area contributed by atoms with Crippen molar-refractivity contribution in [2.75, 3.05) is 4.90 Å². The van der Waals surface area contributed by atoms with Gasteiger partial charge in [0, 0.05) is 17.1 Å². The van der Waals surface area contributed by atoms with Crippen LogP contribution in [-0.4, -0.2) is 0 Å².